The van der Waals surface area contributed by atoms with Gasteiger partial charge in [-0.25, -0.2) is 4.79 Å². The molecule has 0 spiro atoms. The lowest BCUT2D eigenvalue weighted by Gasteiger charge is -2.41. The SMILES string of the molecule is CC(C)Oc1ccc(-c2nc(-c3cccc4c3CCN(C(=O)[C@@H](CO)N(C(=O)O)C(C)(C)C)C4)no2)cc1C#N. The first-order valence-electron chi connectivity index (χ1n) is 13.0. The number of hydrogen-bond acceptors (Lipinski definition) is 8. The third-order valence-corrected chi connectivity index (χ3v) is 6.65. The quantitative estimate of drug-likeness (QED) is 0.445. The fraction of sp³-hybridized carbons (Fsp3) is 0.414. The van der Waals surface area contributed by atoms with E-state index in [9.17, 15) is 25.1 Å². The van der Waals surface area contributed by atoms with E-state index in [2.05, 4.69) is 16.2 Å². The first kappa shape index (κ1) is 28.6. The molecule has 1 aliphatic rings. The molecule has 0 saturated heterocycles. The number of aliphatic hydroxyl groups is 1. The molecule has 2 amide bonds. The van der Waals surface area contributed by atoms with Crippen LogP contribution in [-0.4, -0.2) is 73.0 Å². The zero-order chi connectivity index (χ0) is 29.2. The van der Waals surface area contributed by atoms with E-state index in [0.717, 1.165) is 21.6 Å². The van der Waals surface area contributed by atoms with E-state index in [1.165, 1.54) is 0 Å². The molecule has 1 atom stereocenters. The van der Waals surface area contributed by atoms with E-state index in [-0.39, 0.29) is 18.5 Å². The predicted molar refractivity (Wildman–Crippen MR) is 145 cm³/mol. The molecule has 0 unspecified atom stereocenters. The molecular weight excluding hydrogens is 514 g/mol. The summed E-state index contributed by atoms with van der Waals surface area (Å²) in [5, 5.41) is 33.4. The molecular formula is C29H33N5O6. The molecule has 2 N–H and O–H groups in total. The van der Waals surface area contributed by atoms with Crippen LogP contribution in [0.3, 0.4) is 0 Å². The highest BCUT2D eigenvalue weighted by molar-refractivity contribution is 5.86. The predicted octanol–water partition coefficient (Wildman–Crippen LogP) is 4.09. The van der Waals surface area contributed by atoms with Crippen molar-refractivity contribution in [2.45, 2.75) is 65.3 Å². The van der Waals surface area contributed by atoms with Crippen LogP contribution in [0.5, 0.6) is 5.75 Å². The first-order valence-corrected chi connectivity index (χ1v) is 13.0. The first-order chi connectivity index (χ1) is 18.9. The molecule has 210 valence electrons. The number of nitriles is 1. The minimum atomic E-state index is -1.27. The molecule has 0 saturated carbocycles. The van der Waals surface area contributed by atoms with Gasteiger partial charge in [0.25, 0.3) is 5.89 Å². The summed E-state index contributed by atoms with van der Waals surface area (Å²) in [7, 11) is 0. The molecule has 2 aromatic carbocycles. The average molecular weight is 548 g/mol. The molecule has 1 aliphatic heterocycles. The standard InChI is InChI=1S/C29H33N5O6/c1-17(2)39-24-10-9-18(13-20(24)14-30)26-31-25(32-40-26)22-8-6-7-19-15-33(12-11-21(19)22)27(36)23(16-35)34(28(37)38)29(3,4)5/h6-10,13,17,23,35H,11-12,15-16H2,1-5H3,(H,37,38)/t23-/m1/s1. The van der Waals surface area contributed by atoms with E-state index in [1.54, 1.807) is 43.9 Å². The number of carboxylic acid groups (broad SMARTS) is 1. The maximum atomic E-state index is 13.4. The van der Waals surface area contributed by atoms with Gasteiger partial charge in [0.15, 0.2) is 0 Å². The minimum Gasteiger partial charge on any atom is -0.490 e. The van der Waals surface area contributed by atoms with Crippen LogP contribution in [0.4, 0.5) is 4.79 Å². The van der Waals surface area contributed by atoms with E-state index in [1.807, 2.05) is 32.0 Å². The number of ether oxygens (including phenoxy) is 1. The number of fused-ring (bicyclic) bond motifs is 1. The number of amides is 2. The number of aliphatic hydroxyl groups excluding tert-OH is 1. The summed E-state index contributed by atoms with van der Waals surface area (Å²) < 4.78 is 11.2. The van der Waals surface area contributed by atoms with Gasteiger partial charge in [0, 0.05) is 29.8 Å². The fourth-order valence-corrected chi connectivity index (χ4v) is 4.93. The monoisotopic (exact) mass is 547 g/mol. The molecule has 40 heavy (non-hydrogen) atoms. The number of carbonyl (C=O) groups excluding carboxylic acids is 1. The van der Waals surface area contributed by atoms with Crippen molar-refractivity contribution in [1.29, 1.82) is 5.26 Å². The van der Waals surface area contributed by atoms with E-state index < -0.39 is 30.2 Å². The largest absolute Gasteiger partial charge is 0.490 e. The lowest BCUT2D eigenvalue weighted by atomic mass is 9.93. The van der Waals surface area contributed by atoms with Gasteiger partial charge in [-0.15, -0.1) is 0 Å². The van der Waals surface area contributed by atoms with Crippen molar-refractivity contribution in [2.24, 2.45) is 0 Å². The number of carbonyl (C=O) groups is 2. The molecule has 0 fully saturated rings. The van der Waals surface area contributed by atoms with Crippen LogP contribution in [0.15, 0.2) is 40.9 Å². The zero-order valence-electron chi connectivity index (χ0n) is 23.2. The molecule has 11 nitrogen and oxygen atoms in total. The molecule has 0 bridgehead atoms. The molecule has 0 aliphatic carbocycles. The summed E-state index contributed by atoms with van der Waals surface area (Å²) in [6.45, 7) is 8.80. The smallest absolute Gasteiger partial charge is 0.408 e. The maximum Gasteiger partial charge on any atom is 0.408 e. The Labute approximate surface area is 232 Å². The topological polar surface area (TPSA) is 153 Å². The molecule has 11 heteroatoms. The maximum absolute atomic E-state index is 13.4. The highest BCUT2D eigenvalue weighted by atomic mass is 16.5. The van der Waals surface area contributed by atoms with Gasteiger partial charge in [-0.2, -0.15) is 10.2 Å². The van der Waals surface area contributed by atoms with Crippen molar-refractivity contribution < 1.29 is 29.1 Å². The van der Waals surface area contributed by atoms with E-state index in [0.29, 0.717) is 35.7 Å². The zero-order valence-corrected chi connectivity index (χ0v) is 23.2. The second kappa shape index (κ2) is 11.4. The normalized spacial score (nSPS) is 13.9. The lowest BCUT2D eigenvalue weighted by molar-refractivity contribution is -0.140. The Hall–Kier alpha value is -4.43. The molecule has 4 rings (SSSR count). The summed E-state index contributed by atoms with van der Waals surface area (Å²) in [6, 6.07) is 11.7. The Morgan fingerprint density at radius 1 is 1.25 bits per heavy atom. The van der Waals surface area contributed by atoms with Crippen molar-refractivity contribution in [3.05, 3.63) is 53.1 Å². The van der Waals surface area contributed by atoms with Crippen molar-refractivity contribution in [2.75, 3.05) is 13.2 Å². The fourth-order valence-electron chi connectivity index (χ4n) is 4.93. The second-order valence-corrected chi connectivity index (χ2v) is 10.9. The number of rotatable bonds is 7. The number of aromatic nitrogens is 2. The summed E-state index contributed by atoms with van der Waals surface area (Å²) >= 11 is 0. The molecule has 0 radical (unpaired) electrons. The van der Waals surface area contributed by atoms with Crippen LogP contribution >= 0.6 is 0 Å². The number of benzene rings is 2. The van der Waals surface area contributed by atoms with Crippen LogP contribution in [0.2, 0.25) is 0 Å². The summed E-state index contributed by atoms with van der Waals surface area (Å²) in [5.41, 5.74) is 2.68. The second-order valence-electron chi connectivity index (χ2n) is 10.9. The van der Waals surface area contributed by atoms with Gasteiger partial charge in [-0.3, -0.25) is 9.69 Å². The number of hydrogen-bond donors (Lipinski definition) is 2. The Morgan fingerprint density at radius 2 is 2.00 bits per heavy atom. The van der Waals surface area contributed by atoms with Crippen LogP contribution < -0.4 is 4.74 Å². The Bertz CT molecular complexity index is 1450. The summed E-state index contributed by atoms with van der Waals surface area (Å²) in [4.78, 5) is 32.5. The van der Waals surface area contributed by atoms with Gasteiger partial charge < -0.3 is 24.4 Å². The van der Waals surface area contributed by atoms with Gasteiger partial charge in [0.2, 0.25) is 11.7 Å². The summed E-state index contributed by atoms with van der Waals surface area (Å²) in [6.07, 6.45) is -0.856. The van der Waals surface area contributed by atoms with Gasteiger partial charge in [-0.1, -0.05) is 23.4 Å². The van der Waals surface area contributed by atoms with E-state index >= 15 is 0 Å². The third kappa shape index (κ3) is 5.77. The third-order valence-electron chi connectivity index (χ3n) is 6.65. The average Bonchev–Trinajstić information content (AvgIpc) is 3.39. The summed E-state index contributed by atoms with van der Waals surface area (Å²) in [5.74, 6) is 0.672. The van der Waals surface area contributed by atoms with Crippen LogP contribution in [0, 0.1) is 11.3 Å². The Balaban J connectivity index is 1.58. The van der Waals surface area contributed by atoms with Crippen LogP contribution in [0.25, 0.3) is 22.8 Å². The van der Waals surface area contributed by atoms with Crippen molar-refractivity contribution >= 4 is 12.0 Å². The highest BCUT2D eigenvalue weighted by Crippen LogP contribution is 2.32. The van der Waals surface area contributed by atoms with Crippen LogP contribution in [-0.2, 0) is 17.8 Å². The van der Waals surface area contributed by atoms with Crippen molar-refractivity contribution in [1.82, 2.24) is 19.9 Å². The van der Waals surface area contributed by atoms with Gasteiger partial charge in [-0.05, 0) is 70.4 Å². The van der Waals surface area contributed by atoms with Gasteiger partial charge in [0.05, 0.1) is 18.3 Å². The lowest BCUT2D eigenvalue weighted by Crippen LogP contribution is -2.59. The van der Waals surface area contributed by atoms with Crippen molar-refractivity contribution in [3.8, 4) is 34.7 Å². The molecule has 3 aromatic rings. The Morgan fingerprint density at radius 3 is 2.62 bits per heavy atom. The molecule has 2 heterocycles. The highest BCUT2D eigenvalue weighted by Gasteiger charge is 2.39. The van der Waals surface area contributed by atoms with E-state index in [4.69, 9.17) is 9.26 Å². The van der Waals surface area contributed by atoms with Crippen LogP contribution in [0.1, 0.15) is 51.3 Å². The number of nitrogens with zero attached hydrogens (tertiary/aromatic N) is 5. The van der Waals surface area contributed by atoms with Gasteiger partial charge >= 0.3 is 6.09 Å². The minimum absolute atomic E-state index is 0.0763. The van der Waals surface area contributed by atoms with Crippen molar-refractivity contribution in [3.63, 3.8) is 0 Å². The van der Waals surface area contributed by atoms with Gasteiger partial charge in [0.1, 0.15) is 17.9 Å². The molecule has 1 aromatic heterocycles. The Kier molecular flexibility index (Phi) is 8.11.